The molecule has 2 aliphatic heterocycles. The van der Waals surface area contributed by atoms with Crippen LogP contribution in [0.4, 0.5) is 15.3 Å². The van der Waals surface area contributed by atoms with Crippen LogP contribution in [0.25, 0.3) is 0 Å². The number of hydroxylamine groups is 1. The van der Waals surface area contributed by atoms with Crippen molar-refractivity contribution in [2.24, 2.45) is 0 Å². The third-order valence-electron chi connectivity index (χ3n) is 14.6. The third kappa shape index (κ3) is 24.1. The van der Waals surface area contributed by atoms with Gasteiger partial charge in [0.15, 0.2) is 38.1 Å². The zero-order chi connectivity index (χ0) is 70.2. The number of hydrogen-bond donors (Lipinski definition) is 3. The van der Waals surface area contributed by atoms with Gasteiger partial charge in [0, 0.05) is 46.1 Å². The molecule has 2 aliphatic rings. The van der Waals surface area contributed by atoms with Gasteiger partial charge in [0.05, 0.1) is 88.5 Å². The monoisotopic (exact) mass is 1350 g/mol. The quantitative estimate of drug-likeness (QED) is 0.0130. The van der Waals surface area contributed by atoms with E-state index in [9.17, 15) is 43.2 Å². The zero-order valence-electron chi connectivity index (χ0n) is 56.2. The Kier molecular flexibility index (Phi) is 29.3. The van der Waals surface area contributed by atoms with Gasteiger partial charge in [-0.15, -0.1) is 0 Å². The molecule has 0 unspecified atom stereocenters. The van der Waals surface area contributed by atoms with E-state index in [1.54, 1.807) is 25.7 Å². The Morgan fingerprint density at radius 3 is 2.09 bits per heavy atom. The molecule has 3 aromatic rings. The molecule has 95 heavy (non-hydrogen) atoms. The Morgan fingerprint density at radius 1 is 0.758 bits per heavy atom. The van der Waals surface area contributed by atoms with Crippen LogP contribution in [-0.2, 0) is 77.7 Å². The highest BCUT2D eigenvalue weighted by Crippen LogP contribution is 2.40. The number of nitrogens with one attached hydrogen (secondary N) is 3. The molecule has 6 atom stereocenters. The van der Waals surface area contributed by atoms with E-state index in [4.69, 9.17) is 70.8 Å². The van der Waals surface area contributed by atoms with E-state index in [-0.39, 0.29) is 103 Å². The van der Waals surface area contributed by atoms with E-state index in [0.717, 1.165) is 33.5 Å². The lowest BCUT2D eigenvalue weighted by Crippen LogP contribution is -2.64. The Hall–Kier alpha value is -8.84. The van der Waals surface area contributed by atoms with Crippen molar-refractivity contribution in [2.75, 3.05) is 78.9 Å². The summed E-state index contributed by atoms with van der Waals surface area (Å²) in [6.07, 6.45) is -4.19. The summed E-state index contributed by atoms with van der Waals surface area (Å²) in [6.45, 7) is 26.6. The molecule has 0 spiro atoms. The van der Waals surface area contributed by atoms with Crippen molar-refractivity contribution in [3.05, 3.63) is 95.9 Å². The van der Waals surface area contributed by atoms with Crippen LogP contribution in [0.5, 0.6) is 23.0 Å². The van der Waals surface area contributed by atoms with Crippen LogP contribution in [0.3, 0.4) is 0 Å². The maximum absolute atomic E-state index is 14.9. The number of methoxy groups -OCH3 is 2. The molecule has 4 amide bonds. The molecule has 1 aromatic heterocycles. The van der Waals surface area contributed by atoms with Gasteiger partial charge in [-0.3, -0.25) is 39.1 Å². The fourth-order valence-electron chi connectivity index (χ4n) is 9.12. The van der Waals surface area contributed by atoms with Gasteiger partial charge in [-0.25, -0.2) is 19.2 Å². The number of unbranched alkanes of at least 4 members (excludes halogenated alkanes) is 2. The first-order valence-corrected chi connectivity index (χ1v) is 33.5. The summed E-state index contributed by atoms with van der Waals surface area (Å²) < 4.78 is 79.6. The third-order valence-corrected chi connectivity index (χ3v) is 19.1. The summed E-state index contributed by atoms with van der Waals surface area (Å²) >= 11 is 0. The number of benzene rings is 2. The average Bonchev–Trinajstić information content (AvgIpc) is 1.62. The number of amides is 4. The van der Waals surface area contributed by atoms with Gasteiger partial charge in [0.2, 0.25) is 12.4 Å². The lowest BCUT2D eigenvalue weighted by Gasteiger charge is -2.43. The van der Waals surface area contributed by atoms with Crippen LogP contribution in [0.15, 0.2) is 73.6 Å². The van der Waals surface area contributed by atoms with Gasteiger partial charge in [-0.2, -0.15) is 5.48 Å². The lowest BCUT2D eigenvalue weighted by molar-refractivity contribution is -0.282. The Morgan fingerprint density at radius 2 is 1.44 bits per heavy atom. The van der Waals surface area contributed by atoms with E-state index in [1.165, 1.54) is 62.0 Å². The van der Waals surface area contributed by atoms with Crippen molar-refractivity contribution in [2.45, 2.75) is 155 Å². The number of rotatable bonds is 33. The van der Waals surface area contributed by atoms with E-state index in [0.29, 0.717) is 38.0 Å². The molecule has 2 aromatic carbocycles. The Labute approximate surface area is 553 Å². The van der Waals surface area contributed by atoms with E-state index in [1.807, 2.05) is 0 Å². The minimum Gasteiger partial charge on any atom is -0.493 e. The minimum atomic E-state index is -2.28. The van der Waals surface area contributed by atoms with Gasteiger partial charge in [0.1, 0.15) is 30.3 Å². The average molecular weight is 1350 g/mol. The first kappa shape index (κ1) is 76.9. The standard InChI is InChI=1S/C65H89N5O24Si/c1-16-23-85-59(76)44-31-46(35-66-34-44)83-24-18-17-19-25-84-52-33-49(47(32-51(52)80-12)58(75)70-36-39(2)29-45(70)38-88-95(14,15)65(9,10)11)68-62(78)86-37-43-20-21-50(48(30-43)57(74)67-22-26-82-27-28-87-69-63(79)94-64(6,7)8)92-61-56(91-42(5)73)54(90-41(4)72)53(89-40(3)71)55(93-61)60(77)81-13/h16,20-21,30-35,45,53-56,61H,1-2,17-19,22-29,36-38H2,3-15H3,(H,67,74)(H,68,78)(H,69,79)/t45-,53-,54-,55-,56+,61+/m0/s1. The number of hydrogen-bond acceptors (Lipinski definition) is 25. The predicted molar refractivity (Wildman–Crippen MR) is 341 cm³/mol. The lowest BCUT2D eigenvalue weighted by atomic mass is 9.97. The highest BCUT2D eigenvalue weighted by molar-refractivity contribution is 6.74. The number of aromatic nitrogens is 1. The smallest absolute Gasteiger partial charge is 0.431 e. The largest absolute Gasteiger partial charge is 0.493 e. The first-order chi connectivity index (χ1) is 44.8. The van der Waals surface area contributed by atoms with Crippen LogP contribution < -0.4 is 35.1 Å². The molecule has 3 heterocycles. The molecule has 29 nitrogen and oxygen atoms in total. The molecule has 522 valence electrons. The minimum absolute atomic E-state index is 0.00466. The van der Waals surface area contributed by atoms with Crippen LogP contribution >= 0.6 is 0 Å². The fourth-order valence-corrected chi connectivity index (χ4v) is 10.2. The molecule has 0 bridgehead atoms. The predicted octanol–water partition coefficient (Wildman–Crippen LogP) is 7.88. The van der Waals surface area contributed by atoms with E-state index in [2.05, 4.69) is 68.1 Å². The van der Waals surface area contributed by atoms with E-state index >= 15 is 0 Å². The molecule has 3 N–H and O–H groups in total. The summed E-state index contributed by atoms with van der Waals surface area (Å²) in [6, 6.07) is 8.06. The van der Waals surface area contributed by atoms with Crippen LogP contribution in [0.2, 0.25) is 18.1 Å². The highest BCUT2D eigenvalue weighted by Gasteiger charge is 2.56. The fraction of sp³-hybridized carbons (Fsp3) is 0.538. The maximum atomic E-state index is 14.9. The molecule has 2 saturated heterocycles. The summed E-state index contributed by atoms with van der Waals surface area (Å²) in [4.78, 5) is 129. The molecule has 5 rings (SSSR count). The van der Waals surface area contributed by atoms with Crippen LogP contribution in [0.1, 0.15) is 125 Å². The molecule has 0 saturated carbocycles. The molecular weight excluding hydrogens is 1260 g/mol. The normalized spacial score (nSPS) is 17.8. The molecular formula is C65H89N5O24Si. The number of esters is 5. The van der Waals surface area contributed by atoms with Crippen LogP contribution in [-0.4, -0.2) is 188 Å². The second kappa shape index (κ2) is 36.2. The molecule has 0 radical (unpaired) electrons. The van der Waals surface area contributed by atoms with E-state index < -0.39 is 111 Å². The highest BCUT2D eigenvalue weighted by atomic mass is 28.4. The first-order valence-electron chi connectivity index (χ1n) is 30.6. The van der Waals surface area contributed by atoms with Crippen molar-refractivity contribution in [3.8, 4) is 23.0 Å². The molecule has 30 heteroatoms. The summed E-state index contributed by atoms with van der Waals surface area (Å²) in [5.41, 5.74) is 2.38. The van der Waals surface area contributed by atoms with Crippen LogP contribution in [0, 0.1) is 0 Å². The number of carbonyl (C=O) groups excluding carboxylic acids is 9. The number of nitrogens with zero attached hydrogens (tertiary/aromatic N) is 2. The number of ether oxygens (including phenoxy) is 13. The van der Waals surface area contributed by atoms with Crippen molar-refractivity contribution < 1.29 is 114 Å². The van der Waals surface area contributed by atoms with Crippen molar-refractivity contribution in [3.63, 3.8) is 0 Å². The van der Waals surface area contributed by atoms with Crippen molar-refractivity contribution in [1.82, 2.24) is 20.7 Å². The summed E-state index contributed by atoms with van der Waals surface area (Å²) in [5.74, 6) is -5.28. The number of pyridine rings is 1. The SMILES string of the molecule is C=CCOC(=O)c1cncc(OCCCCCOc2cc(NC(=O)OCc3ccc(O[C@@H]4O[C@H](C(=O)OC)[C@@H](OC(C)=O)[C@H](OC(C)=O)[C@H]4OC(C)=O)c(C(=O)NCCOCCONC(=O)OC(C)(C)C)c3)c(C(=O)N3CC(=C)C[C@H]3CO[Si](C)(C)C(C)(C)C)cc2OC)c1. The van der Waals surface area contributed by atoms with Crippen molar-refractivity contribution in [1.29, 1.82) is 0 Å². The molecule has 2 fully saturated rings. The number of anilines is 1. The number of likely N-dealkylation sites (tertiary alicyclic amines) is 1. The van der Waals surface area contributed by atoms with Gasteiger partial charge >= 0.3 is 42.0 Å². The molecule has 0 aliphatic carbocycles. The summed E-state index contributed by atoms with van der Waals surface area (Å²) in [5, 5.41) is 5.29. The topological polar surface area (TPSA) is 344 Å². The Balaban J connectivity index is 1.42. The zero-order valence-corrected chi connectivity index (χ0v) is 57.2. The summed E-state index contributed by atoms with van der Waals surface area (Å²) in [7, 11) is 0.154. The maximum Gasteiger partial charge on any atom is 0.431 e. The van der Waals surface area contributed by atoms with Gasteiger partial charge in [0.25, 0.3) is 11.8 Å². The second-order valence-electron chi connectivity index (χ2n) is 24.4. The van der Waals surface area contributed by atoms with Gasteiger partial charge in [-0.05, 0) is 94.4 Å². The van der Waals surface area contributed by atoms with Crippen molar-refractivity contribution >= 4 is 67.9 Å². The Bertz CT molecular complexity index is 3200. The number of carbonyl (C=O) groups is 9. The second-order valence-corrected chi connectivity index (χ2v) is 29.2. The van der Waals surface area contributed by atoms with Gasteiger partial charge < -0.3 is 76.2 Å². The van der Waals surface area contributed by atoms with Gasteiger partial charge in [-0.1, -0.05) is 51.6 Å².